The number of carbonyl (C=O) groups excluding carboxylic acids is 2. The zero-order valence-electron chi connectivity index (χ0n) is 16.6. The average molecular weight is 387 g/mol. The van der Waals surface area contributed by atoms with Gasteiger partial charge in [0.1, 0.15) is 6.42 Å². The predicted molar refractivity (Wildman–Crippen MR) is 104 cm³/mol. The number of ether oxygens (including phenoxy) is 2. The minimum Gasteiger partial charge on any atom is -0.454 e. The summed E-state index contributed by atoms with van der Waals surface area (Å²) in [6.45, 7) is 7.83. The number of fused-ring (bicyclic) bond motifs is 1. The van der Waals surface area contributed by atoms with Crippen LogP contribution in [-0.4, -0.2) is 72.6 Å². The summed E-state index contributed by atoms with van der Waals surface area (Å²) in [6, 6.07) is 6.03. The third kappa shape index (κ3) is 4.41. The van der Waals surface area contributed by atoms with Crippen molar-refractivity contribution in [3.8, 4) is 11.5 Å². The van der Waals surface area contributed by atoms with Gasteiger partial charge in [-0.15, -0.1) is 0 Å². The smallest absolute Gasteiger partial charge is 0.232 e. The van der Waals surface area contributed by atoms with Crippen molar-refractivity contribution in [3.63, 3.8) is 0 Å². The zero-order chi connectivity index (χ0) is 19.5. The number of hydrogen-bond acceptors (Lipinski definition) is 5. The van der Waals surface area contributed by atoms with Crippen molar-refractivity contribution in [3.05, 3.63) is 23.8 Å². The maximum atomic E-state index is 12.6. The van der Waals surface area contributed by atoms with Gasteiger partial charge in [0.2, 0.25) is 18.6 Å². The summed E-state index contributed by atoms with van der Waals surface area (Å²) in [6.07, 6.45) is 2.22. The summed E-state index contributed by atoms with van der Waals surface area (Å²) in [5.41, 5.74) is 1.18. The lowest BCUT2D eigenvalue weighted by atomic mass is 10.00. The zero-order valence-corrected chi connectivity index (χ0v) is 16.6. The molecule has 0 N–H and O–H groups in total. The molecule has 7 heteroatoms. The predicted octanol–water partition coefficient (Wildman–Crippen LogP) is 1.71. The Morgan fingerprint density at radius 3 is 2.54 bits per heavy atom. The molecule has 1 aromatic carbocycles. The minimum absolute atomic E-state index is 0.00881. The lowest BCUT2D eigenvalue weighted by Gasteiger charge is -2.35. The van der Waals surface area contributed by atoms with E-state index in [1.54, 1.807) is 0 Å². The number of nitrogens with zero attached hydrogens (tertiary/aromatic N) is 3. The van der Waals surface area contributed by atoms with Gasteiger partial charge < -0.3 is 19.3 Å². The molecule has 2 saturated heterocycles. The molecule has 0 spiro atoms. The molecule has 3 aliphatic heterocycles. The Hall–Kier alpha value is -2.28. The second-order valence-electron chi connectivity index (χ2n) is 8.11. The van der Waals surface area contributed by atoms with Crippen molar-refractivity contribution in [2.24, 2.45) is 5.92 Å². The first kappa shape index (κ1) is 19.1. The van der Waals surface area contributed by atoms with Crippen molar-refractivity contribution >= 4 is 11.8 Å². The molecule has 3 aliphatic rings. The fourth-order valence-corrected chi connectivity index (χ4v) is 4.22. The van der Waals surface area contributed by atoms with E-state index in [0.717, 1.165) is 50.6 Å². The Kier molecular flexibility index (Phi) is 5.71. The van der Waals surface area contributed by atoms with E-state index in [0.29, 0.717) is 19.0 Å². The van der Waals surface area contributed by atoms with Gasteiger partial charge in [-0.2, -0.15) is 0 Å². The second kappa shape index (κ2) is 8.39. The van der Waals surface area contributed by atoms with E-state index in [-0.39, 0.29) is 25.0 Å². The van der Waals surface area contributed by atoms with Gasteiger partial charge in [-0.05, 0) is 36.5 Å². The molecular weight excluding hydrogens is 358 g/mol. The van der Waals surface area contributed by atoms with Crippen molar-refractivity contribution in [2.45, 2.75) is 32.7 Å². The van der Waals surface area contributed by atoms with Crippen molar-refractivity contribution in [1.82, 2.24) is 14.7 Å². The summed E-state index contributed by atoms with van der Waals surface area (Å²) in [4.78, 5) is 31.0. The highest BCUT2D eigenvalue weighted by atomic mass is 16.7. The summed E-state index contributed by atoms with van der Waals surface area (Å²) in [5, 5.41) is 0. The van der Waals surface area contributed by atoms with E-state index in [1.165, 1.54) is 12.0 Å². The van der Waals surface area contributed by atoms with Crippen LogP contribution in [-0.2, 0) is 16.1 Å². The third-order valence-electron chi connectivity index (χ3n) is 5.88. The summed E-state index contributed by atoms with van der Waals surface area (Å²) in [7, 11) is 0. The Balaban J connectivity index is 1.23. The Morgan fingerprint density at radius 2 is 1.75 bits per heavy atom. The van der Waals surface area contributed by atoms with Gasteiger partial charge in [-0.25, -0.2) is 0 Å². The van der Waals surface area contributed by atoms with Crippen LogP contribution < -0.4 is 9.47 Å². The van der Waals surface area contributed by atoms with E-state index in [9.17, 15) is 9.59 Å². The van der Waals surface area contributed by atoms with Crippen molar-refractivity contribution in [2.75, 3.05) is 46.1 Å². The molecule has 4 rings (SSSR count). The van der Waals surface area contributed by atoms with Gasteiger partial charge in [0.05, 0.1) is 0 Å². The standard InChI is InChI=1S/C21H29N3O4/c1-16-3-2-6-24(13-16)21(26)12-20(25)23-9-7-22(8-10-23)14-17-4-5-18-19(11-17)28-15-27-18/h4-5,11,16H,2-3,6-10,12-15H2,1H3. The first-order valence-electron chi connectivity index (χ1n) is 10.2. The number of piperidine rings is 1. The molecular formula is C21H29N3O4. The van der Waals surface area contributed by atoms with Gasteiger partial charge >= 0.3 is 0 Å². The first-order chi connectivity index (χ1) is 13.6. The molecule has 2 fully saturated rings. The fourth-order valence-electron chi connectivity index (χ4n) is 4.22. The van der Waals surface area contributed by atoms with Crippen molar-refractivity contribution in [1.29, 1.82) is 0 Å². The van der Waals surface area contributed by atoms with Gasteiger partial charge in [-0.1, -0.05) is 13.0 Å². The van der Waals surface area contributed by atoms with Gasteiger partial charge in [-0.3, -0.25) is 14.5 Å². The number of carbonyl (C=O) groups is 2. The molecule has 1 unspecified atom stereocenters. The van der Waals surface area contributed by atoms with E-state index < -0.39 is 0 Å². The van der Waals surface area contributed by atoms with E-state index in [2.05, 4.69) is 17.9 Å². The van der Waals surface area contributed by atoms with Crippen LogP contribution in [0.4, 0.5) is 0 Å². The monoisotopic (exact) mass is 387 g/mol. The van der Waals surface area contributed by atoms with E-state index in [4.69, 9.17) is 9.47 Å². The van der Waals surface area contributed by atoms with Crippen LogP contribution in [0.25, 0.3) is 0 Å². The van der Waals surface area contributed by atoms with Crippen LogP contribution in [0.1, 0.15) is 31.7 Å². The molecule has 0 radical (unpaired) electrons. The summed E-state index contributed by atoms with van der Waals surface area (Å²) < 4.78 is 10.8. The lowest BCUT2D eigenvalue weighted by Crippen LogP contribution is -2.49. The molecule has 0 aromatic heterocycles. The SMILES string of the molecule is CC1CCCN(C(=O)CC(=O)N2CCN(Cc3ccc4c(c3)OCO4)CC2)C1. The number of benzene rings is 1. The van der Waals surface area contributed by atoms with Gasteiger partial charge in [0, 0.05) is 45.8 Å². The largest absolute Gasteiger partial charge is 0.454 e. The van der Waals surface area contributed by atoms with E-state index >= 15 is 0 Å². The molecule has 1 aromatic rings. The Bertz CT molecular complexity index is 730. The summed E-state index contributed by atoms with van der Waals surface area (Å²) >= 11 is 0. The highest BCUT2D eigenvalue weighted by Gasteiger charge is 2.27. The number of amides is 2. The normalized spacial score (nSPS) is 22.4. The fraction of sp³-hybridized carbons (Fsp3) is 0.619. The molecule has 7 nitrogen and oxygen atoms in total. The number of likely N-dealkylation sites (tertiary alicyclic amines) is 1. The Morgan fingerprint density at radius 1 is 1.00 bits per heavy atom. The highest BCUT2D eigenvalue weighted by Crippen LogP contribution is 2.32. The number of piperazine rings is 1. The maximum absolute atomic E-state index is 12.6. The Labute approximate surface area is 166 Å². The van der Waals surface area contributed by atoms with Crippen LogP contribution in [0.5, 0.6) is 11.5 Å². The number of rotatable bonds is 4. The van der Waals surface area contributed by atoms with Gasteiger partial charge in [0.15, 0.2) is 11.5 Å². The first-order valence-corrected chi connectivity index (χ1v) is 10.2. The molecule has 2 amide bonds. The highest BCUT2D eigenvalue weighted by molar-refractivity contribution is 5.97. The van der Waals surface area contributed by atoms with Crippen molar-refractivity contribution < 1.29 is 19.1 Å². The van der Waals surface area contributed by atoms with Gasteiger partial charge in [0.25, 0.3) is 0 Å². The van der Waals surface area contributed by atoms with Crippen LogP contribution in [0.3, 0.4) is 0 Å². The summed E-state index contributed by atoms with van der Waals surface area (Å²) in [5.74, 6) is 2.08. The molecule has 152 valence electrons. The topological polar surface area (TPSA) is 62.3 Å². The second-order valence-corrected chi connectivity index (χ2v) is 8.11. The third-order valence-corrected chi connectivity index (χ3v) is 5.88. The number of hydrogen-bond donors (Lipinski definition) is 0. The molecule has 3 heterocycles. The lowest BCUT2D eigenvalue weighted by molar-refractivity contribution is -0.142. The average Bonchev–Trinajstić information content (AvgIpc) is 3.16. The molecule has 1 atom stereocenters. The molecule has 28 heavy (non-hydrogen) atoms. The van der Waals surface area contributed by atoms with Crippen LogP contribution in [0.2, 0.25) is 0 Å². The molecule has 0 saturated carbocycles. The maximum Gasteiger partial charge on any atom is 0.232 e. The molecule has 0 bridgehead atoms. The quantitative estimate of drug-likeness (QED) is 0.736. The van der Waals surface area contributed by atoms with E-state index in [1.807, 2.05) is 21.9 Å². The van der Waals surface area contributed by atoms with Crippen LogP contribution >= 0.6 is 0 Å². The van der Waals surface area contributed by atoms with Crippen LogP contribution in [0, 0.1) is 5.92 Å². The minimum atomic E-state index is -0.0362. The van der Waals surface area contributed by atoms with Crippen LogP contribution in [0.15, 0.2) is 18.2 Å². The molecule has 0 aliphatic carbocycles.